The van der Waals surface area contributed by atoms with Crippen molar-refractivity contribution in [1.29, 1.82) is 0 Å². The molecule has 4 nitrogen and oxygen atoms in total. The number of hydrogen-bond acceptors (Lipinski definition) is 3. The van der Waals surface area contributed by atoms with Crippen LogP contribution in [0.2, 0.25) is 0 Å². The lowest BCUT2D eigenvalue weighted by atomic mass is 10.1. The molecule has 0 saturated heterocycles. The molecule has 1 N–H and O–H groups in total. The average Bonchev–Trinajstić information content (AvgIpc) is 3.21. The van der Waals surface area contributed by atoms with E-state index >= 15 is 0 Å². The molecule has 1 aromatic rings. The van der Waals surface area contributed by atoms with Crippen LogP contribution in [0, 0.1) is 5.92 Å². The fourth-order valence-electron chi connectivity index (χ4n) is 2.16. The summed E-state index contributed by atoms with van der Waals surface area (Å²) in [6.07, 6.45) is 3.39. The van der Waals surface area contributed by atoms with Crippen molar-refractivity contribution in [2.75, 3.05) is 20.2 Å². The molecule has 0 heterocycles. The highest BCUT2D eigenvalue weighted by Gasteiger charge is 2.27. The van der Waals surface area contributed by atoms with E-state index in [1.165, 1.54) is 26.0 Å². The molecular formula is C15H21NO3. The number of methoxy groups -OCH3 is 1. The molecule has 0 atom stereocenters. The molecule has 1 aromatic carbocycles. The van der Waals surface area contributed by atoms with E-state index in [2.05, 4.69) is 6.92 Å². The van der Waals surface area contributed by atoms with E-state index in [0.29, 0.717) is 17.2 Å². The van der Waals surface area contributed by atoms with Crippen molar-refractivity contribution in [1.82, 2.24) is 4.90 Å². The second-order valence-electron chi connectivity index (χ2n) is 5.08. The zero-order valence-electron chi connectivity index (χ0n) is 11.6. The Bertz CT molecular complexity index is 455. The van der Waals surface area contributed by atoms with Crippen LogP contribution in [0.25, 0.3) is 0 Å². The molecule has 0 spiro atoms. The second-order valence-corrected chi connectivity index (χ2v) is 5.08. The van der Waals surface area contributed by atoms with Gasteiger partial charge in [-0.25, -0.2) is 0 Å². The average molecular weight is 263 g/mol. The number of carbonyl (C=O) groups excluding carboxylic acids is 1. The van der Waals surface area contributed by atoms with Crippen molar-refractivity contribution in [2.24, 2.45) is 5.92 Å². The minimum atomic E-state index is -0.00768. The molecule has 1 aliphatic rings. The Kier molecular flexibility index (Phi) is 4.30. The van der Waals surface area contributed by atoms with Crippen molar-refractivity contribution in [2.45, 2.75) is 26.2 Å². The fourth-order valence-corrected chi connectivity index (χ4v) is 2.16. The molecule has 19 heavy (non-hydrogen) atoms. The van der Waals surface area contributed by atoms with E-state index in [-0.39, 0.29) is 11.7 Å². The Morgan fingerprint density at radius 1 is 1.47 bits per heavy atom. The van der Waals surface area contributed by atoms with Crippen molar-refractivity contribution in [3.05, 3.63) is 23.8 Å². The van der Waals surface area contributed by atoms with E-state index in [1.807, 2.05) is 4.90 Å². The molecule has 2 rings (SSSR count). The number of nitrogens with zero attached hydrogens (tertiary/aromatic N) is 1. The third-order valence-electron chi connectivity index (χ3n) is 3.38. The predicted octanol–water partition coefficient (Wildman–Crippen LogP) is 2.66. The number of phenolic OH excluding ortho intramolecular Hbond substituents is 1. The SMILES string of the molecule is CCCN(CC1CC1)C(=O)c1ccc(OC)c(O)c1. The third kappa shape index (κ3) is 3.40. The summed E-state index contributed by atoms with van der Waals surface area (Å²) in [7, 11) is 1.49. The van der Waals surface area contributed by atoms with Crippen molar-refractivity contribution in [3.8, 4) is 11.5 Å². The maximum Gasteiger partial charge on any atom is 0.254 e. The number of benzene rings is 1. The van der Waals surface area contributed by atoms with Crippen LogP contribution in [0.15, 0.2) is 18.2 Å². The molecule has 1 fully saturated rings. The maximum atomic E-state index is 12.4. The fraction of sp³-hybridized carbons (Fsp3) is 0.533. The summed E-state index contributed by atoms with van der Waals surface area (Å²) >= 11 is 0. The quantitative estimate of drug-likeness (QED) is 0.858. The van der Waals surface area contributed by atoms with E-state index < -0.39 is 0 Å². The first-order valence-corrected chi connectivity index (χ1v) is 6.82. The van der Waals surface area contributed by atoms with Gasteiger partial charge in [-0.15, -0.1) is 0 Å². The zero-order valence-corrected chi connectivity index (χ0v) is 11.6. The van der Waals surface area contributed by atoms with Crippen LogP contribution in [-0.2, 0) is 0 Å². The highest BCUT2D eigenvalue weighted by Crippen LogP contribution is 2.31. The van der Waals surface area contributed by atoms with E-state index in [4.69, 9.17) is 4.74 Å². The number of aromatic hydroxyl groups is 1. The van der Waals surface area contributed by atoms with Gasteiger partial charge < -0.3 is 14.7 Å². The number of ether oxygens (including phenoxy) is 1. The van der Waals surface area contributed by atoms with E-state index in [0.717, 1.165) is 19.5 Å². The molecular weight excluding hydrogens is 242 g/mol. The van der Waals surface area contributed by atoms with Crippen LogP contribution in [0.3, 0.4) is 0 Å². The molecule has 0 bridgehead atoms. The first kappa shape index (κ1) is 13.7. The summed E-state index contributed by atoms with van der Waals surface area (Å²) in [6.45, 7) is 3.67. The van der Waals surface area contributed by atoms with E-state index in [9.17, 15) is 9.90 Å². The van der Waals surface area contributed by atoms with Crippen LogP contribution >= 0.6 is 0 Å². The lowest BCUT2D eigenvalue weighted by Gasteiger charge is -2.22. The number of phenols is 1. The van der Waals surface area contributed by atoms with Crippen molar-refractivity contribution < 1.29 is 14.6 Å². The van der Waals surface area contributed by atoms with Gasteiger partial charge in [0.25, 0.3) is 5.91 Å². The summed E-state index contributed by atoms with van der Waals surface area (Å²) < 4.78 is 4.99. The third-order valence-corrected chi connectivity index (χ3v) is 3.38. The van der Waals surface area contributed by atoms with Gasteiger partial charge in [-0.05, 0) is 43.4 Å². The van der Waals surface area contributed by atoms with Crippen LogP contribution in [0.1, 0.15) is 36.5 Å². The van der Waals surface area contributed by atoms with Gasteiger partial charge >= 0.3 is 0 Å². The minimum Gasteiger partial charge on any atom is -0.504 e. The van der Waals surface area contributed by atoms with Crippen LogP contribution < -0.4 is 4.74 Å². The highest BCUT2D eigenvalue weighted by atomic mass is 16.5. The molecule has 0 unspecified atom stereocenters. The first-order chi connectivity index (χ1) is 9.15. The van der Waals surface area contributed by atoms with Crippen molar-refractivity contribution >= 4 is 5.91 Å². The number of hydrogen-bond donors (Lipinski definition) is 1. The highest BCUT2D eigenvalue weighted by molar-refractivity contribution is 5.95. The van der Waals surface area contributed by atoms with Gasteiger partial charge in [0.15, 0.2) is 11.5 Å². The van der Waals surface area contributed by atoms with Gasteiger partial charge in [-0.1, -0.05) is 6.92 Å². The standard InChI is InChI=1S/C15H21NO3/c1-3-8-16(10-11-4-5-11)15(18)12-6-7-14(19-2)13(17)9-12/h6-7,9,11,17H,3-5,8,10H2,1-2H3. The molecule has 0 radical (unpaired) electrons. The van der Waals surface area contributed by atoms with Gasteiger partial charge in [0.1, 0.15) is 0 Å². The lowest BCUT2D eigenvalue weighted by molar-refractivity contribution is 0.0747. The number of carbonyl (C=O) groups is 1. The Morgan fingerprint density at radius 2 is 2.21 bits per heavy atom. The van der Waals surface area contributed by atoms with Gasteiger partial charge in [0, 0.05) is 18.7 Å². The van der Waals surface area contributed by atoms with Gasteiger partial charge in [0.2, 0.25) is 0 Å². The van der Waals surface area contributed by atoms with Gasteiger partial charge in [-0.2, -0.15) is 0 Å². The Balaban J connectivity index is 2.12. The summed E-state index contributed by atoms with van der Waals surface area (Å²) in [5.41, 5.74) is 0.521. The summed E-state index contributed by atoms with van der Waals surface area (Å²) in [5, 5.41) is 9.75. The normalized spacial score (nSPS) is 14.2. The molecule has 0 aliphatic heterocycles. The second kappa shape index (κ2) is 5.95. The van der Waals surface area contributed by atoms with E-state index in [1.54, 1.807) is 12.1 Å². The molecule has 4 heteroatoms. The Labute approximate surface area is 114 Å². The molecule has 1 amide bonds. The Morgan fingerprint density at radius 3 is 2.74 bits per heavy atom. The summed E-state index contributed by atoms with van der Waals surface area (Å²) in [4.78, 5) is 14.3. The summed E-state index contributed by atoms with van der Waals surface area (Å²) in [6, 6.07) is 4.82. The molecule has 0 aromatic heterocycles. The predicted molar refractivity (Wildman–Crippen MR) is 73.6 cm³/mol. The monoisotopic (exact) mass is 263 g/mol. The topological polar surface area (TPSA) is 49.8 Å². The zero-order chi connectivity index (χ0) is 13.8. The molecule has 104 valence electrons. The molecule has 1 aliphatic carbocycles. The minimum absolute atomic E-state index is 0.00768. The smallest absolute Gasteiger partial charge is 0.254 e. The first-order valence-electron chi connectivity index (χ1n) is 6.82. The molecule has 1 saturated carbocycles. The maximum absolute atomic E-state index is 12.4. The number of amides is 1. The van der Waals surface area contributed by atoms with Gasteiger partial charge in [0.05, 0.1) is 7.11 Å². The largest absolute Gasteiger partial charge is 0.504 e. The van der Waals surface area contributed by atoms with Crippen LogP contribution in [-0.4, -0.2) is 36.1 Å². The number of rotatable bonds is 6. The lowest BCUT2D eigenvalue weighted by Crippen LogP contribution is -2.33. The summed E-state index contributed by atoms with van der Waals surface area (Å²) in [5.74, 6) is 1.06. The van der Waals surface area contributed by atoms with Crippen molar-refractivity contribution in [3.63, 3.8) is 0 Å². The Hall–Kier alpha value is -1.71. The van der Waals surface area contributed by atoms with Gasteiger partial charge in [-0.3, -0.25) is 4.79 Å². The van der Waals surface area contributed by atoms with Crippen LogP contribution in [0.4, 0.5) is 0 Å². The van der Waals surface area contributed by atoms with Crippen LogP contribution in [0.5, 0.6) is 11.5 Å².